The summed E-state index contributed by atoms with van der Waals surface area (Å²) in [6.45, 7) is 8.17. The topological polar surface area (TPSA) is 63.3 Å². The molecule has 3 nitrogen and oxygen atoms in total. The number of carboxylic acids is 1. The SMILES string of the molecule is Cc1cccc(C)c1-c1sc(C(=O)O)c(N)c1C(C)C. The molecule has 0 aliphatic carbocycles. The molecule has 0 amide bonds. The van der Waals surface area contributed by atoms with Crippen LogP contribution in [-0.4, -0.2) is 11.1 Å². The molecule has 0 aliphatic rings. The van der Waals surface area contributed by atoms with Crippen molar-refractivity contribution in [1.82, 2.24) is 0 Å². The molecule has 3 N–H and O–H groups in total. The summed E-state index contributed by atoms with van der Waals surface area (Å²) < 4.78 is 0. The molecule has 0 atom stereocenters. The van der Waals surface area contributed by atoms with E-state index in [1.807, 2.05) is 45.9 Å². The number of nitrogen functional groups attached to an aromatic ring is 1. The quantitative estimate of drug-likeness (QED) is 0.878. The van der Waals surface area contributed by atoms with E-state index in [0.29, 0.717) is 5.69 Å². The maximum absolute atomic E-state index is 11.3. The van der Waals surface area contributed by atoms with Crippen LogP contribution in [0.5, 0.6) is 0 Å². The minimum atomic E-state index is -0.952. The first-order chi connectivity index (χ1) is 9.34. The van der Waals surface area contributed by atoms with Gasteiger partial charge in [0, 0.05) is 4.88 Å². The van der Waals surface area contributed by atoms with Gasteiger partial charge in [-0.25, -0.2) is 4.79 Å². The van der Waals surface area contributed by atoms with E-state index >= 15 is 0 Å². The molecular formula is C16H19NO2S. The van der Waals surface area contributed by atoms with Gasteiger partial charge >= 0.3 is 5.97 Å². The molecule has 2 aromatic rings. The van der Waals surface area contributed by atoms with E-state index in [2.05, 4.69) is 0 Å². The number of hydrogen-bond donors (Lipinski definition) is 2. The first-order valence-corrected chi connectivity index (χ1v) is 7.38. The zero-order valence-corrected chi connectivity index (χ0v) is 13.0. The van der Waals surface area contributed by atoms with Gasteiger partial charge in [0.15, 0.2) is 0 Å². The summed E-state index contributed by atoms with van der Waals surface area (Å²) >= 11 is 1.28. The van der Waals surface area contributed by atoms with Crippen molar-refractivity contribution < 1.29 is 9.90 Å². The average Bonchev–Trinajstić information content (AvgIpc) is 2.66. The maximum Gasteiger partial charge on any atom is 0.348 e. The van der Waals surface area contributed by atoms with E-state index in [4.69, 9.17) is 5.73 Å². The van der Waals surface area contributed by atoms with Gasteiger partial charge in [-0.3, -0.25) is 0 Å². The molecule has 0 unspecified atom stereocenters. The Labute approximate surface area is 123 Å². The maximum atomic E-state index is 11.3. The standard InChI is InChI=1S/C16H19NO2S/c1-8(2)11-13(17)15(16(18)19)20-14(11)12-9(3)6-5-7-10(12)4/h5-8H,17H2,1-4H3,(H,18,19). The van der Waals surface area contributed by atoms with Gasteiger partial charge in [-0.05, 0) is 42.0 Å². The molecule has 0 aliphatic heterocycles. The second kappa shape index (κ2) is 5.29. The summed E-state index contributed by atoms with van der Waals surface area (Å²) in [5.41, 5.74) is 10.8. The highest BCUT2D eigenvalue weighted by atomic mass is 32.1. The van der Waals surface area contributed by atoms with Gasteiger partial charge in [-0.15, -0.1) is 11.3 Å². The number of hydrogen-bond acceptors (Lipinski definition) is 3. The second-order valence-electron chi connectivity index (χ2n) is 5.31. The highest BCUT2D eigenvalue weighted by Crippen LogP contribution is 2.44. The van der Waals surface area contributed by atoms with Gasteiger partial charge in [0.25, 0.3) is 0 Å². The Morgan fingerprint density at radius 1 is 1.25 bits per heavy atom. The summed E-state index contributed by atoms with van der Waals surface area (Å²) in [4.78, 5) is 12.6. The van der Waals surface area contributed by atoms with Crippen molar-refractivity contribution in [2.75, 3.05) is 5.73 Å². The number of thiophene rings is 1. The number of rotatable bonds is 3. The van der Waals surface area contributed by atoms with Crippen LogP contribution in [0.3, 0.4) is 0 Å². The van der Waals surface area contributed by atoms with Crippen LogP contribution in [-0.2, 0) is 0 Å². The largest absolute Gasteiger partial charge is 0.477 e. The molecule has 106 valence electrons. The van der Waals surface area contributed by atoms with Gasteiger partial charge in [0.2, 0.25) is 0 Å². The number of aryl methyl sites for hydroxylation is 2. The Balaban J connectivity index is 2.80. The molecule has 0 bridgehead atoms. The van der Waals surface area contributed by atoms with Crippen molar-refractivity contribution in [3.05, 3.63) is 39.8 Å². The molecule has 1 heterocycles. The minimum Gasteiger partial charge on any atom is -0.477 e. The molecule has 0 saturated carbocycles. The summed E-state index contributed by atoms with van der Waals surface area (Å²) in [5, 5.41) is 9.30. The van der Waals surface area contributed by atoms with Crippen LogP contribution in [0.1, 0.15) is 46.1 Å². The van der Waals surface area contributed by atoms with Gasteiger partial charge in [-0.2, -0.15) is 0 Å². The van der Waals surface area contributed by atoms with E-state index in [1.165, 1.54) is 11.3 Å². The lowest BCUT2D eigenvalue weighted by molar-refractivity contribution is 0.0703. The van der Waals surface area contributed by atoms with E-state index in [9.17, 15) is 9.90 Å². The molecule has 0 spiro atoms. The number of carboxylic acid groups (broad SMARTS) is 1. The van der Waals surface area contributed by atoms with Crippen molar-refractivity contribution in [2.45, 2.75) is 33.6 Å². The predicted molar refractivity (Wildman–Crippen MR) is 84.7 cm³/mol. The van der Waals surface area contributed by atoms with Crippen LogP contribution < -0.4 is 5.73 Å². The van der Waals surface area contributed by atoms with Gasteiger partial charge in [0.05, 0.1) is 5.69 Å². The van der Waals surface area contributed by atoms with E-state index in [0.717, 1.165) is 27.1 Å². The molecule has 0 radical (unpaired) electrons. The lowest BCUT2D eigenvalue weighted by Gasteiger charge is -2.13. The van der Waals surface area contributed by atoms with Crippen LogP contribution >= 0.6 is 11.3 Å². The Morgan fingerprint density at radius 3 is 2.25 bits per heavy atom. The van der Waals surface area contributed by atoms with Crippen molar-refractivity contribution in [3.63, 3.8) is 0 Å². The molecule has 4 heteroatoms. The Bertz CT molecular complexity index is 651. The summed E-state index contributed by atoms with van der Waals surface area (Å²) in [5.74, 6) is -0.764. The number of benzene rings is 1. The Hall–Kier alpha value is -1.81. The van der Waals surface area contributed by atoms with Crippen molar-refractivity contribution in [3.8, 4) is 10.4 Å². The van der Waals surface area contributed by atoms with E-state index in [-0.39, 0.29) is 10.8 Å². The van der Waals surface area contributed by atoms with Crippen LogP contribution in [0, 0.1) is 13.8 Å². The first kappa shape index (κ1) is 14.6. The highest BCUT2D eigenvalue weighted by Gasteiger charge is 2.24. The van der Waals surface area contributed by atoms with Crippen molar-refractivity contribution >= 4 is 23.0 Å². The smallest absolute Gasteiger partial charge is 0.348 e. The van der Waals surface area contributed by atoms with E-state index in [1.54, 1.807) is 0 Å². The third-order valence-electron chi connectivity index (χ3n) is 3.46. The third-order valence-corrected chi connectivity index (χ3v) is 4.69. The summed E-state index contributed by atoms with van der Waals surface area (Å²) in [6, 6.07) is 6.10. The summed E-state index contributed by atoms with van der Waals surface area (Å²) in [6.07, 6.45) is 0. The Morgan fingerprint density at radius 2 is 1.80 bits per heavy atom. The predicted octanol–water partition coefficient (Wildman–Crippen LogP) is 4.44. The van der Waals surface area contributed by atoms with Crippen LogP contribution in [0.25, 0.3) is 10.4 Å². The van der Waals surface area contributed by atoms with Crippen molar-refractivity contribution in [2.24, 2.45) is 0 Å². The number of nitrogens with two attached hydrogens (primary N) is 1. The molecule has 2 rings (SSSR count). The van der Waals surface area contributed by atoms with Crippen LogP contribution in [0.15, 0.2) is 18.2 Å². The first-order valence-electron chi connectivity index (χ1n) is 6.56. The normalized spacial score (nSPS) is 11.1. The average molecular weight is 289 g/mol. The fourth-order valence-electron chi connectivity index (χ4n) is 2.55. The highest BCUT2D eigenvalue weighted by molar-refractivity contribution is 7.18. The monoisotopic (exact) mass is 289 g/mol. The van der Waals surface area contributed by atoms with Gasteiger partial charge in [0.1, 0.15) is 4.88 Å². The second-order valence-corrected chi connectivity index (χ2v) is 6.33. The summed E-state index contributed by atoms with van der Waals surface area (Å²) in [7, 11) is 0. The van der Waals surface area contributed by atoms with Gasteiger partial charge < -0.3 is 10.8 Å². The zero-order chi connectivity index (χ0) is 15.0. The molecular weight excluding hydrogens is 270 g/mol. The minimum absolute atomic E-state index is 0.188. The van der Waals surface area contributed by atoms with Crippen LogP contribution in [0.4, 0.5) is 5.69 Å². The number of aromatic carboxylic acids is 1. The van der Waals surface area contributed by atoms with Crippen LogP contribution in [0.2, 0.25) is 0 Å². The number of carbonyl (C=O) groups is 1. The lowest BCUT2D eigenvalue weighted by Crippen LogP contribution is -2.01. The zero-order valence-electron chi connectivity index (χ0n) is 12.2. The molecule has 1 aromatic heterocycles. The van der Waals surface area contributed by atoms with E-state index < -0.39 is 5.97 Å². The Kier molecular flexibility index (Phi) is 3.86. The molecule has 1 aromatic carbocycles. The van der Waals surface area contributed by atoms with Gasteiger partial charge in [-0.1, -0.05) is 32.0 Å². The molecule has 20 heavy (non-hydrogen) atoms. The fraction of sp³-hybridized carbons (Fsp3) is 0.312. The third kappa shape index (κ3) is 2.31. The lowest BCUT2D eigenvalue weighted by atomic mass is 9.94. The molecule has 0 fully saturated rings. The molecule has 0 saturated heterocycles. The van der Waals surface area contributed by atoms with Crippen molar-refractivity contribution in [1.29, 1.82) is 0 Å². The fourth-order valence-corrected chi connectivity index (χ4v) is 3.94. The number of anilines is 1.